The van der Waals surface area contributed by atoms with Crippen LogP contribution in [-0.2, 0) is 0 Å². The average Bonchev–Trinajstić information content (AvgIpc) is 2.81. The number of thiophene rings is 1. The lowest BCUT2D eigenvalue weighted by Gasteiger charge is -2.06. The van der Waals surface area contributed by atoms with Gasteiger partial charge in [-0.1, -0.05) is 11.6 Å². The van der Waals surface area contributed by atoms with Crippen molar-refractivity contribution in [1.82, 2.24) is 0 Å². The molecule has 0 saturated heterocycles. The third-order valence-electron chi connectivity index (χ3n) is 3.13. The molecule has 1 heterocycles. The molecule has 7 heteroatoms. The number of hydrogen-bond donors (Lipinski definition) is 1. The standard InChI is InChI=1S/C15H6ClF3O2S/c16-9-5-10(18)8(4-11(9)19)13-7-2-1-6(17)3-12(7)22-14(13)15(20)21/h1-5H,(H,20,21). The first-order valence-electron chi connectivity index (χ1n) is 5.98. The summed E-state index contributed by atoms with van der Waals surface area (Å²) in [5, 5.41) is 9.22. The molecule has 0 unspecified atom stereocenters. The van der Waals surface area contributed by atoms with E-state index in [4.69, 9.17) is 11.6 Å². The molecule has 0 saturated carbocycles. The Kier molecular flexibility index (Phi) is 3.58. The highest BCUT2D eigenvalue weighted by Gasteiger charge is 2.23. The molecule has 0 aliphatic heterocycles. The highest BCUT2D eigenvalue weighted by atomic mass is 35.5. The van der Waals surface area contributed by atoms with Crippen LogP contribution in [0.15, 0.2) is 30.3 Å². The van der Waals surface area contributed by atoms with Gasteiger partial charge < -0.3 is 5.11 Å². The van der Waals surface area contributed by atoms with Gasteiger partial charge in [0.1, 0.15) is 22.3 Å². The van der Waals surface area contributed by atoms with Crippen molar-refractivity contribution in [3.8, 4) is 11.1 Å². The zero-order valence-corrected chi connectivity index (χ0v) is 12.2. The second-order valence-corrected chi connectivity index (χ2v) is 5.96. The molecule has 0 fully saturated rings. The Labute approximate surface area is 131 Å². The monoisotopic (exact) mass is 342 g/mol. The van der Waals surface area contributed by atoms with Crippen molar-refractivity contribution >= 4 is 39.0 Å². The van der Waals surface area contributed by atoms with Crippen LogP contribution in [0.5, 0.6) is 0 Å². The first-order valence-corrected chi connectivity index (χ1v) is 7.18. The van der Waals surface area contributed by atoms with Gasteiger partial charge in [-0.15, -0.1) is 11.3 Å². The summed E-state index contributed by atoms with van der Waals surface area (Å²) < 4.78 is 41.4. The molecule has 3 rings (SSSR count). The number of benzene rings is 2. The van der Waals surface area contributed by atoms with E-state index in [0.29, 0.717) is 10.1 Å². The van der Waals surface area contributed by atoms with Crippen molar-refractivity contribution in [2.45, 2.75) is 0 Å². The minimum atomic E-state index is -1.30. The molecule has 1 aromatic heterocycles. The van der Waals surface area contributed by atoms with Crippen LogP contribution in [0, 0.1) is 17.5 Å². The molecule has 0 aliphatic rings. The summed E-state index contributed by atoms with van der Waals surface area (Å²) in [6, 6.07) is 5.25. The predicted octanol–water partition coefficient (Wildman–Crippen LogP) is 5.34. The Bertz CT molecular complexity index is 921. The predicted molar refractivity (Wildman–Crippen MR) is 79.1 cm³/mol. The van der Waals surface area contributed by atoms with Gasteiger partial charge in [-0.2, -0.15) is 0 Å². The van der Waals surface area contributed by atoms with Crippen LogP contribution in [0.2, 0.25) is 5.02 Å². The second kappa shape index (κ2) is 5.30. The molecule has 2 aromatic carbocycles. The van der Waals surface area contributed by atoms with Crippen molar-refractivity contribution < 1.29 is 23.1 Å². The fourth-order valence-electron chi connectivity index (χ4n) is 2.20. The van der Waals surface area contributed by atoms with Crippen molar-refractivity contribution in [2.24, 2.45) is 0 Å². The van der Waals surface area contributed by atoms with Crippen LogP contribution >= 0.6 is 22.9 Å². The van der Waals surface area contributed by atoms with E-state index in [9.17, 15) is 23.1 Å². The first-order chi connectivity index (χ1) is 10.4. The van der Waals surface area contributed by atoms with Crippen LogP contribution < -0.4 is 0 Å². The third kappa shape index (κ3) is 2.34. The van der Waals surface area contributed by atoms with E-state index >= 15 is 0 Å². The minimum absolute atomic E-state index is 0.0144. The summed E-state index contributed by atoms with van der Waals surface area (Å²) >= 11 is 6.31. The van der Waals surface area contributed by atoms with E-state index in [1.54, 1.807) is 0 Å². The van der Waals surface area contributed by atoms with Crippen molar-refractivity contribution in [1.29, 1.82) is 0 Å². The Morgan fingerprint density at radius 1 is 1.09 bits per heavy atom. The maximum Gasteiger partial charge on any atom is 0.346 e. The van der Waals surface area contributed by atoms with E-state index in [2.05, 4.69) is 0 Å². The maximum absolute atomic E-state index is 14.1. The minimum Gasteiger partial charge on any atom is -0.477 e. The van der Waals surface area contributed by atoms with Gasteiger partial charge in [0.15, 0.2) is 0 Å². The van der Waals surface area contributed by atoms with E-state index in [0.717, 1.165) is 35.6 Å². The van der Waals surface area contributed by atoms with Gasteiger partial charge in [0.2, 0.25) is 0 Å². The number of fused-ring (bicyclic) bond motifs is 1. The van der Waals surface area contributed by atoms with Crippen LogP contribution in [0.1, 0.15) is 9.67 Å². The zero-order valence-electron chi connectivity index (χ0n) is 10.7. The number of aromatic carboxylic acids is 1. The Balaban J connectivity index is 2.41. The van der Waals surface area contributed by atoms with E-state index in [1.807, 2.05) is 0 Å². The van der Waals surface area contributed by atoms with Gasteiger partial charge in [0, 0.05) is 21.2 Å². The fourth-order valence-corrected chi connectivity index (χ4v) is 3.43. The fraction of sp³-hybridized carbons (Fsp3) is 0. The quantitative estimate of drug-likeness (QED) is 0.638. The van der Waals surface area contributed by atoms with Crippen LogP contribution in [0.25, 0.3) is 21.2 Å². The highest BCUT2D eigenvalue weighted by molar-refractivity contribution is 7.21. The molecule has 1 N–H and O–H groups in total. The first kappa shape index (κ1) is 14.9. The molecule has 0 aliphatic carbocycles. The summed E-state index contributed by atoms with van der Waals surface area (Å²) in [6.07, 6.45) is 0. The third-order valence-corrected chi connectivity index (χ3v) is 4.56. The number of halogens is 4. The SMILES string of the molecule is O=C(O)c1sc2cc(F)ccc2c1-c1cc(F)c(Cl)cc1F. The average molecular weight is 343 g/mol. The molecule has 0 amide bonds. The van der Waals surface area contributed by atoms with E-state index < -0.39 is 28.4 Å². The smallest absolute Gasteiger partial charge is 0.346 e. The summed E-state index contributed by atoms with van der Waals surface area (Å²) in [6.45, 7) is 0. The maximum atomic E-state index is 14.1. The van der Waals surface area contributed by atoms with Gasteiger partial charge in [-0.05, 0) is 30.3 Å². The van der Waals surface area contributed by atoms with Crippen LogP contribution in [0.4, 0.5) is 13.2 Å². The Morgan fingerprint density at radius 3 is 2.50 bits per heavy atom. The number of carbonyl (C=O) groups is 1. The van der Waals surface area contributed by atoms with E-state index in [-0.39, 0.29) is 16.0 Å². The lowest BCUT2D eigenvalue weighted by Crippen LogP contribution is -1.97. The van der Waals surface area contributed by atoms with Crippen molar-refractivity contribution in [2.75, 3.05) is 0 Å². The molecule has 0 radical (unpaired) electrons. The number of carboxylic acids is 1. The van der Waals surface area contributed by atoms with Crippen LogP contribution in [0.3, 0.4) is 0 Å². The van der Waals surface area contributed by atoms with Gasteiger partial charge in [-0.3, -0.25) is 0 Å². The molecule has 112 valence electrons. The molecule has 0 spiro atoms. The zero-order chi connectivity index (χ0) is 16.0. The van der Waals surface area contributed by atoms with Gasteiger partial charge in [0.25, 0.3) is 0 Å². The van der Waals surface area contributed by atoms with Crippen molar-refractivity contribution in [3.05, 3.63) is 57.7 Å². The molecule has 0 atom stereocenters. The Morgan fingerprint density at radius 2 is 1.82 bits per heavy atom. The molecule has 0 bridgehead atoms. The summed E-state index contributed by atoms with van der Waals surface area (Å²) in [5.74, 6) is -3.56. The molecular formula is C15H6ClF3O2S. The summed E-state index contributed by atoms with van der Waals surface area (Å²) in [4.78, 5) is 11.2. The lowest BCUT2D eigenvalue weighted by atomic mass is 10.0. The normalized spacial score (nSPS) is 11.1. The largest absolute Gasteiger partial charge is 0.477 e. The molecule has 2 nitrogen and oxygen atoms in total. The lowest BCUT2D eigenvalue weighted by molar-refractivity contribution is 0.0703. The highest BCUT2D eigenvalue weighted by Crippen LogP contribution is 2.41. The summed E-state index contributed by atoms with van der Waals surface area (Å²) in [5.41, 5.74) is -0.210. The molecule has 22 heavy (non-hydrogen) atoms. The molecule has 3 aromatic rings. The van der Waals surface area contributed by atoms with Gasteiger partial charge in [0.05, 0.1) is 5.02 Å². The second-order valence-electron chi connectivity index (χ2n) is 4.50. The Hall–Kier alpha value is -2.05. The van der Waals surface area contributed by atoms with Crippen molar-refractivity contribution in [3.63, 3.8) is 0 Å². The summed E-state index contributed by atoms with van der Waals surface area (Å²) in [7, 11) is 0. The van der Waals surface area contributed by atoms with E-state index in [1.165, 1.54) is 6.07 Å². The van der Waals surface area contributed by atoms with Gasteiger partial charge >= 0.3 is 5.97 Å². The number of carboxylic acid groups (broad SMARTS) is 1. The topological polar surface area (TPSA) is 37.3 Å². The number of rotatable bonds is 2. The molecular weight excluding hydrogens is 337 g/mol. The van der Waals surface area contributed by atoms with Crippen LogP contribution in [-0.4, -0.2) is 11.1 Å². The van der Waals surface area contributed by atoms with Gasteiger partial charge in [-0.25, -0.2) is 18.0 Å². The number of hydrogen-bond acceptors (Lipinski definition) is 2.